The summed E-state index contributed by atoms with van der Waals surface area (Å²) in [5.74, 6) is 0.672. The van der Waals surface area contributed by atoms with E-state index < -0.39 is 4.92 Å². The standard InChI is InChI=1S/C12H15BrN2O3S/c1-8(5-6-19-2)14-12(16)9-3-4-10(13)11(7-9)15(17)18/h3-4,7-8H,5-6H2,1-2H3,(H,14,16). The second-order valence-electron chi connectivity index (χ2n) is 4.08. The van der Waals surface area contributed by atoms with Crippen LogP contribution in [0.5, 0.6) is 0 Å². The van der Waals surface area contributed by atoms with Gasteiger partial charge in [-0.15, -0.1) is 0 Å². The molecule has 0 spiro atoms. The Morgan fingerprint density at radius 3 is 2.84 bits per heavy atom. The molecule has 1 rings (SSSR count). The number of benzene rings is 1. The summed E-state index contributed by atoms with van der Waals surface area (Å²) in [5.41, 5.74) is 0.190. The maximum atomic E-state index is 11.9. The van der Waals surface area contributed by atoms with E-state index in [4.69, 9.17) is 0 Å². The molecule has 1 amide bonds. The van der Waals surface area contributed by atoms with Gasteiger partial charge in [0.1, 0.15) is 0 Å². The lowest BCUT2D eigenvalue weighted by Gasteiger charge is -2.13. The third kappa shape index (κ3) is 4.83. The molecule has 0 aliphatic heterocycles. The second kappa shape index (κ2) is 7.49. The molecular formula is C12H15BrN2O3S. The topological polar surface area (TPSA) is 72.2 Å². The van der Waals surface area contributed by atoms with Gasteiger partial charge in [0.15, 0.2) is 0 Å². The number of amides is 1. The quantitative estimate of drug-likeness (QED) is 0.633. The first kappa shape index (κ1) is 16.0. The van der Waals surface area contributed by atoms with Crippen LogP contribution in [0.4, 0.5) is 5.69 Å². The fourth-order valence-corrected chi connectivity index (χ4v) is 2.45. The normalized spacial score (nSPS) is 11.9. The van der Waals surface area contributed by atoms with Crippen LogP contribution in [0.15, 0.2) is 22.7 Å². The van der Waals surface area contributed by atoms with Crippen LogP contribution in [0, 0.1) is 10.1 Å². The van der Waals surface area contributed by atoms with Gasteiger partial charge in [-0.25, -0.2) is 0 Å². The Morgan fingerprint density at radius 2 is 2.26 bits per heavy atom. The van der Waals surface area contributed by atoms with Crippen LogP contribution < -0.4 is 5.32 Å². The smallest absolute Gasteiger partial charge is 0.284 e. The van der Waals surface area contributed by atoms with Crippen molar-refractivity contribution in [3.8, 4) is 0 Å². The van der Waals surface area contributed by atoms with Gasteiger partial charge in [-0.1, -0.05) is 0 Å². The molecule has 1 N–H and O–H groups in total. The molecule has 1 atom stereocenters. The van der Waals surface area contributed by atoms with E-state index in [0.29, 0.717) is 10.0 Å². The average molecular weight is 347 g/mol. The Morgan fingerprint density at radius 1 is 1.58 bits per heavy atom. The van der Waals surface area contributed by atoms with Crippen molar-refractivity contribution >= 4 is 39.3 Å². The third-order valence-electron chi connectivity index (χ3n) is 2.54. The molecule has 19 heavy (non-hydrogen) atoms. The molecule has 1 unspecified atom stereocenters. The molecule has 0 heterocycles. The number of carbonyl (C=O) groups is 1. The lowest BCUT2D eigenvalue weighted by atomic mass is 10.1. The zero-order valence-electron chi connectivity index (χ0n) is 10.7. The lowest BCUT2D eigenvalue weighted by molar-refractivity contribution is -0.385. The van der Waals surface area contributed by atoms with Crippen LogP contribution in [0.3, 0.4) is 0 Å². The largest absolute Gasteiger partial charge is 0.350 e. The summed E-state index contributed by atoms with van der Waals surface area (Å²) in [6, 6.07) is 4.40. The predicted molar refractivity (Wildman–Crippen MR) is 80.7 cm³/mol. The van der Waals surface area contributed by atoms with Gasteiger partial charge in [0.2, 0.25) is 0 Å². The summed E-state index contributed by atoms with van der Waals surface area (Å²) in [5, 5.41) is 13.6. The fraction of sp³-hybridized carbons (Fsp3) is 0.417. The minimum atomic E-state index is -0.516. The van der Waals surface area contributed by atoms with Gasteiger partial charge >= 0.3 is 0 Å². The van der Waals surface area contributed by atoms with Gasteiger partial charge in [0.05, 0.1) is 9.40 Å². The fourth-order valence-electron chi connectivity index (χ4n) is 1.47. The lowest BCUT2D eigenvalue weighted by Crippen LogP contribution is -2.32. The second-order valence-corrected chi connectivity index (χ2v) is 5.92. The van der Waals surface area contributed by atoms with Crippen molar-refractivity contribution in [2.75, 3.05) is 12.0 Å². The highest BCUT2D eigenvalue weighted by Gasteiger charge is 2.16. The number of nitrogens with zero attached hydrogens (tertiary/aromatic N) is 1. The summed E-state index contributed by atoms with van der Waals surface area (Å²) >= 11 is 4.80. The Balaban J connectivity index is 2.77. The number of carbonyl (C=O) groups excluding carboxylic acids is 1. The number of halogens is 1. The van der Waals surface area contributed by atoms with Crippen LogP contribution >= 0.6 is 27.7 Å². The molecule has 0 aromatic heterocycles. The predicted octanol–water partition coefficient (Wildman–Crippen LogP) is 3.23. The van der Waals surface area contributed by atoms with E-state index in [1.807, 2.05) is 13.2 Å². The highest BCUT2D eigenvalue weighted by Crippen LogP contribution is 2.25. The number of nitro benzene ring substituents is 1. The molecule has 7 heteroatoms. The summed E-state index contributed by atoms with van der Waals surface area (Å²) < 4.78 is 0.365. The first-order chi connectivity index (χ1) is 8.95. The zero-order valence-corrected chi connectivity index (χ0v) is 13.1. The molecule has 104 valence electrons. The van der Waals surface area contributed by atoms with Gasteiger partial charge in [-0.05, 0) is 53.4 Å². The van der Waals surface area contributed by atoms with Crippen LogP contribution in [0.1, 0.15) is 23.7 Å². The van der Waals surface area contributed by atoms with Crippen molar-refractivity contribution in [1.82, 2.24) is 5.32 Å². The molecule has 0 aliphatic carbocycles. The van der Waals surface area contributed by atoms with Gasteiger partial charge in [0, 0.05) is 17.7 Å². The molecule has 0 fully saturated rings. The van der Waals surface area contributed by atoms with E-state index in [1.165, 1.54) is 12.1 Å². The van der Waals surface area contributed by atoms with Crippen LogP contribution in [-0.2, 0) is 0 Å². The highest BCUT2D eigenvalue weighted by atomic mass is 79.9. The van der Waals surface area contributed by atoms with Crippen molar-refractivity contribution in [3.05, 3.63) is 38.3 Å². The number of thioether (sulfide) groups is 1. The Labute approximate surface area is 124 Å². The average Bonchev–Trinajstić information content (AvgIpc) is 2.36. The molecule has 0 aliphatic rings. The summed E-state index contributed by atoms with van der Waals surface area (Å²) in [7, 11) is 0. The number of nitrogens with one attached hydrogen (secondary N) is 1. The minimum absolute atomic E-state index is 0.0441. The van der Waals surface area contributed by atoms with Crippen molar-refractivity contribution in [2.24, 2.45) is 0 Å². The van der Waals surface area contributed by atoms with E-state index in [0.717, 1.165) is 12.2 Å². The van der Waals surface area contributed by atoms with E-state index in [-0.39, 0.29) is 17.6 Å². The first-order valence-corrected chi connectivity index (χ1v) is 7.88. The molecule has 0 saturated carbocycles. The van der Waals surface area contributed by atoms with Gasteiger partial charge in [-0.2, -0.15) is 11.8 Å². The van der Waals surface area contributed by atoms with E-state index in [9.17, 15) is 14.9 Å². The maximum absolute atomic E-state index is 11.9. The minimum Gasteiger partial charge on any atom is -0.350 e. The SMILES string of the molecule is CSCCC(C)NC(=O)c1ccc(Br)c([N+](=O)[O-])c1. The van der Waals surface area contributed by atoms with Crippen LogP contribution in [-0.4, -0.2) is 28.9 Å². The zero-order chi connectivity index (χ0) is 14.4. The number of hydrogen-bond donors (Lipinski definition) is 1. The first-order valence-electron chi connectivity index (χ1n) is 5.69. The van der Waals surface area contributed by atoms with Crippen LogP contribution in [0.25, 0.3) is 0 Å². The number of nitro groups is 1. The molecule has 1 aromatic rings. The van der Waals surface area contributed by atoms with Crippen molar-refractivity contribution in [1.29, 1.82) is 0 Å². The maximum Gasteiger partial charge on any atom is 0.284 e. The summed E-state index contributed by atoms with van der Waals surface area (Å²) in [4.78, 5) is 22.2. The van der Waals surface area contributed by atoms with Crippen molar-refractivity contribution in [3.63, 3.8) is 0 Å². The monoisotopic (exact) mass is 346 g/mol. The van der Waals surface area contributed by atoms with E-state index >= 15 is 0 Å². The van der Waals surface area contributed by atoms with E-state index in [2.05, 4.69) is 21.2 Å². The van der Waals surface area contributed by atoms with Crippen LogP contribution in [0.2, 0.25) is 0 Å². The molecule has 0 radical (unpaired) electrons. The Kier molecular flexibility index (Phi) is 6.30. The van der Waals surface area contributed by atoms with Crippen molar-refractivity contribution in [2.45, 2.75) is 19.4 Å². The van der Waals surface area contributed by atoms with Gasteiger partial charge < -0.3 is 5.32 Å². The summed E-state index contributed by atoms with van der Waals surface area (Å²) in [6.07, 6.45) is 2.87. The summed E-state index contributed by atoms with van der Waals surface area (Å²) in [6.45, 7) is 1.92. The van der Waals surface area contributed by atoms with Gasteiger partial charge in [-0.3, -0.25) is 14.9 Å². The van der Waals surface area contributed by atoms with E-state index in [1.54, 1.807) is 17.8 Å². The highest BCUT2D eigenvalue weighted by molar-refractivity contribution is 9.10. The Bertz CT molecular complexity index is 482. The molecule has 0 bridgehead atoms. The van der Waals surface area contributed by atoms with Gasteiger partial charge in [0.25, 0.3) is 11.6 Å². The molecule has 0 saturated heterocycles. The number of hydrogen-bond acceptors (Lipinski definition) is 4. The van der Waals surface area contributed by atoms with Crippen molar-refractivity contribution < 1.29 is 9.72 Å². The third-order valence-corrected chi connectivity index (χ3v) is 3.85. The number of rotatable bonds is 6. The molecular weight excluding hydrogens is 332 g/mol. The Hall–Kier alpha value is -1.08. The molecule has 5 nitrogen and oxygen atoms in total. The molecule has 1 aromatic carbocycles.